The van der Waals surface area contributed by atoms with Gasteiger partial charge in [0.1, 0.15) is 6.04 Å². The van der Waals surface area contributed by atoms with E-state index < -0.39 is 36.2 Å². The van der Waals surface area contributed by atoms with Gasteiger partial charge < -0.3 is 15.7 Å². The number of aliphatic carboxylic acids is 1. The van der Waals surface area contributed by atoms with Crippen LogP contribution in [0.4, 0.5) is 0 Å². The highest BCUT2D eigenvalue weighted by molar-refractivity contribution is 5.94. The number of rotatable bonds is 9. The number of Topliss-reactive ketones (excluding diaryl/α,β-unsaturated/α-hetero) is 1. The molecule has 1 rings (SSSR count). The number of amides is 2. The van der Waals surface area contributed by atoms with Crippen molar-refractivity contribution in [2.45, 2.75) is 45.7 Å². The molecule has 0 aliphatic carbocycles. The van der Waals surface area contributed by atoms with Crippen LogP contribution in [0.5, 0.6) is 0 Å². The van der Waals surface area contributed by atoms with Crippen molar-refractivity contribution in [2.75, 3.05) is 0 Å². The summed E-state index contributed by atoms with van der Waals surface area (Å²) in [6, 6.07) is 7.13. The van der Waals surface area contributed by atoms with Gasteiger partial charge in [-0.1, -0.05) is 44.2 Å². The topological polar surface area (TPSA) is 113 Å². The highest BCUT2D eigenvalue weighted by Gasteiger charge is 2.28. The Hall–Kier alpha value is -2.70. The lowest BCUT2D eigenvalue weighted by Crippen LogP contribution is -2.54. The predicted molar refractivity (Wildman–Crippen MR) is 91.8 cm³/mol. The number of carbonyl (C=O) groups excluding carboxylic acids is 3. The number of carbonyl (C=O) groups is 4. The summed E-state index contributed by atoms with van der Waals surface area (Å²) >= 11 is 0. The highest BCUT2D eigenvalue weighted by atomic mass is 16.4. The molecule has 136 valence electrons. The number of carboxylic acids is 1. The Kier molecular flexibility index (Phi) is 7.78. The third-order valence-electron chi connectivity index (χ3n) is 3.66. The maximum atomic E-state index is 12.4. The zero-order chi connectivity index (χ0) is 19.0. The molecule has 3 N–H and O–H groups in total. The number of ketones is 1. The van der Waals surface area contributed by atoms with Gasteiger partial charge >= 0.3 is 5.97 Å². The normalized spacial score (nSPS) is 13.0. The van der Waals surface area contributed by atoms with Crippen molar-refractivity contribution >= 4 is 23.6 Å². The Balaban J connectivity index is 2.74. The van der Waals surface area contributed by atoms with E-state index in [4.69, 9.17) is 5.11 Å². The molecule has 0 radical (unpaired) electrons. The van der Waals surface area contributed by atoms with Gasteiger partial charge in [-0.15, -0.1) is 0 Å². The van der Waals surface area contributed by atoms with Gasteiger partial charge in [0.05, 0.1) is 18.9 Å². The fourth-order valence-electron chi connectivity index (χ4n) is 2.27. The Morgan fingerprint density at radius 2 is 1.64 bits per heavy atom. The second-order valence-corrected chi connectivity index (χ2v) is 6.22. The maximum absolute atomic E-state index is 12.4. The van der Waals surface area contributed by atoms with Crippen LogP contribution in [0.1, 0.15) is 32.8 Å². The van der Waals surface area contributed by atoms with Crippen molar-refractivity contribution < 1.29 is 24.3 Å². The minimum Gasteiger partial charge on any atom is -0.481 e. The van der Waals surface area contributed by atoms with Gasteiger partial charge in [0.2, 0.25) is 11.8 Å². The minimum absolute atomic E-state index is 0.128. The molecule has 0 bridgehead atoms. The lowest BCUT2D eigenvalue weighted by Gasteiger charge is -2.24. The molecular weight excluding hydrogens is 324 g/mol. The molecule has 7 heteroatoms. The molecule has 0 fully saturated rings. The first-order chi connectivity index (χ1) is 11.7. The molecule has 0 spiro atoms. The summed E-state index contributed by atoms with van der Waals surface area (Å²) in [5.74, 6) is -2.75. The molecule has 0 saturated carbocycles. The van der Waals surface area contributed by atoms with Crippen molar-refractivity contribution in [1.82, 2.24) is 10.6 Å². The van der Waals surface area contributed by atoms with Gasteiger partial charge in [0.15, 0.2) is 5.78 Å². The van der Waals surface area contributed by atoms with Gasteiger partial charge in [-0.25, -0.2) is 0 Å². The fraction of sp³-hybridized carbons (Fsp3) is 0.444. The zero-order valence-corrected chi connectivity index (χ0v) is 14.6. The molecule has 0 aliphatic heterocycles. The van der Waals surface area contributed by atoms with Crippen molar-refractivity contribution in [1.29, 1.82) is 0 Å². The summed E-state index contributed by atoms with van der Waals surface area (Å²) in [4.78, 5) is 46.9. The van der Waals surface area contributed by atoms with E-state index in [1.807, 2.05) is 30.3 Å². The predicted octanol–water partition coefficient (Wildman–Crippen LogP) is 0.918. The smallest absolute Gasteiger partial charge is 0.305 e. The average Bonchev–Trinajstić information content (AvgIpc) is 2.52. The zero-order valence-electron chi connectivity index (χ0n) is 14.6. The quantitative estimate of drug-likeness (QED) is 0.614. The van der Waals surface area contributed by atoms with Crippen LogP contribution in [0, 0.1) is 5.92 Å². The number of hydrogen-bond donors (Lipinski definition) is 3. The largest absolute Gasteiger partial charge is 0.481 e. The summed E-state index contributed by atoms with van der Waals surface area (Å²) in [6.45, 7) is 4.73. The SMILES string of the molecule is CC(=O)C(CC(=O)O)NC(=O)C(NC(=O)Cc1ccccc1)C(C)C. The summed E-state index contributed by atoms with van der Waals surface area (Å²) in [5, 5.41) is 13.9. The second-order valence-electron chi connectivity index (χ2n) is 6.22. The van der Waals surface area contributed by atoms with Crippen molar-refractivity contribution in [3.05, 3.63) is 35.9 Å². The lowest BCUT2D eigenvalue weighted by atomic mass is 10.0. The van der Waals surface area contributed by atoms with Crippen LogP contribution in [0.15, 0.2) is 30.3 Å². The van der Waals surface area contributed by atoms with E-state index in [0.717, 1.165) is 5.56 Å². The van der Waals surface area contributed by atoms with Crippen LogP contribution in [0.3, 0.4) is 0 Å². The number of hydrogen-bond acceptors (Lipinski definition) is 4. The molecule has 1 aromatic rings. The molecule has 1 aromatic carbocycles. The van der Waals surface area contributed by atoms with E-state index >= 15 is 0 Å². The Morgan fingerprint density at radius 3 is 2.12 bits per heavy atom. The van der Waals surface area contributed by atoms with Crippen LogP contribution >= 0.6 is 0 Å². The third-order valence-corrected chi connectivity index (χ3v) is 3.66. The van der Waals surface area contributed by atoms with E-state index in [9.17, 15) is 19.2 Å². The maximum Gasteiger partial charge on any atom is 0.305 e. The van der Waals surface area contributed by atoms with Gasteiger partial charge in [-0.05, 0) is 18.4 Å². The van der Waals surface area contributed by atoms with Gasteiger partial charge in [0, 0.05) is 0 Å². The standard InChI is InChI=1S/C18H24N2O5/c1-11(2)17(18(25)19-14(12(3)21)10-16(23)24)20-15(22)9-13-7-5-4-6-8-13/h4-8,11,14,17H,9-10H2,1-3H3,(H,19,25)(H,20,22)(H,23,24). The Bertz CT molecular complexity index is 628. The molecular formula is C18H24N2O5. The van der Waals surface area contributed by atoms with Crippen LogP contribution in [0.25, 0.3) is 0 Å². The lowest BCUT2D eigenvalue weighted by molar-refractivity contribution is -0.140. The second kappa shape index (κ2) is 9.56. The van der Waals surface area contributed by atoms with Crippen LogP contribution in [-0.2, 0) is 25.6 Å². The first kappa shape index (κ1) is 20.3. The molecule has 0 saturated heterocycles. The van der Waals surface area contributed by atoms with Gasteiger partial charge in [-0.3, -0.25) is 19.2 Å². The summed E-state index contributed by atoms with van der Waals surface area (Å²) in [6.07, 6.45) is -0.369. The van der Waals surface area contributed by atoms with Crippen LogP contribution in [-0.4, -0.2) is 40.8 Å². The minimum atomic E-state index is -1.19. The Morgan fingerprint density at radius 1 is 1.04 bits per heavy atom. The van der Waals surface area contributed by atoms with E-state index in [0.29, 0.717) is 0 Å². The highest BCUT2D eigenvalue weighted by Crippen LogP contribution is 2.06. The van der Waals surface area contributed by atoms with E-state index in [1.165, 1.54) is 6.92 Å². The number of carboxylic acid groups (broad SMARTS) is 1. The number of benzene rings is 1. The summed E-state index contributed by atoms with van der Waals surface area (Å²) < 4.78 is 0. The summed E-state index contributed by atoms with van der Waals surface area (Å²) in [7, 11) is 0. The monoisotopic (exact) mass is 348 g/mol. The molecule has 0 heterocycles. The first-order valence-corrected chi connectivity index (χ1v) is 8.06. The summed E-state index contributed by atoms with van der Waals surface area (Å²) in [5.41, 5.74) is 0.815. The van der Waals surface area contributed by atoms with Crippen molar-refractivity contribution in [3.8, 4) is 0 Å². The van der Waals surface area contributed by atoms with Crippen molar-refractivity contribution in [3.63, 3.8) is 0 Å². The molecule has 25 heavy (non-hydrogen) atoms. The van der Waals surface area contributed by atoms with E-state index in [-0.39, 0.29) is 18.2 Å². The first-order valence-electron chi connectivity index (χ1n) is 8.06. The Labute approximate surface area is 146 Å². The fourth-order valence-corrected chi connectivity index (χ4v) is 2.27. The molecule has 7 nitrogen and oxygen atoms in total. The van der Waals surface area contributed by atoms with Crippen LogP contribution < -0.4 is 10.6 Å². The van der Waals surface area contributed by atoms with Gasteiger partial charge in [-0.2, -0.15) is 0 Å². The third kappa shape index (κ3) is 7.15. The van der Waals surface area contributed by atoms with Crippen LogP contribution in [0.2, 0.25) is 0 Å². The average molecular weight is 348 g/mol. The molecule has 0 aromatic heterocycles. The van der Waals surface area contributed by atoms with Crippen molar-refractivity contribution in [2.24, 2.45) is 5.92 Å². The van der Waals surface area contributed by atoms with E-state index in [2.05, 4.69) is 10.6 Å². The molecule has 2 unspecified atom stereocenters. The number of nitrogens with one attached hydrogen (secondary N) is 2. The molecule has 2 atom stereocenters. The van der Waals surface area contributed by atoms with Gasteiger partial charge in [0.25, 0.3) is 0 Å². The van der Waals surface area contributed by atoms with E-state index in [1.54, 1.807) is 13.8 Å². The molecule has 0 aliphatic rings. The molecule has 2 amide bonds.